The molecule has 1 aliphatic carbocycles. The number of esters is 1. The van der Waals surface area contributed by atoms with Crippen molar-refractivity contribution in [1.29, 1.82) is 0 Å². The van der Waals surface area contributed by atoms with Crippen molar-refractivity contribution >= 4 is 20.3 Å². The van der Waals surface area contributed by atoms with Gasteiger partial charge < -0.3 is 19.4 Å². The first kappa shape index (κ1) is 39.0. The summed E-state index contributed by atoms with van der Waals surface area (Å²) in [6, 6.07) is 17.6. The summed E-state index contributed by atoms with van der Waals surface area (Å²) in [6.07, 6.45) is 9.31. The highest BCUT2D eigenvalue weighted by Crippen LogP contribution is 2.43. The lowest BCUT2D eigenvalue weighted by molar-refractivity contribution is -0.137. The number of hydrogen-bond acceptors (Lipinski definition) is 5. The van der Waals surface area contributed by atoms with Crippen LogP contribution in [0.2, 0.25) is 18.1 Å². The summed E-state index contributed by atoms with van der Waals surface area (Å²) in [5.41, 5.74) is 2.65. The highest BCUT2D eigenvalue weighted by atomic mass is 28.4. The molecule has 1 fully saturated rings. The normalized spacial score (nSPS) is 21.4. The van der Waals surface area contributed by atoms with Crippen LogP contribution in [0.5, 0.6) is 0 Å². The average Bonchev–Trinajstić information content (AvgIpc) is 3.32. The van der Waals surface area contributed by atoms with Gasteiger partial charge in [-0.15, -0.1) is 0 Å². The van der Waals surface area contributed by atoms with Crippen molar-refractivity contribution in [3.63, 3.8) is 0 Å². The van der Waals surface area contributed by atoms with Gasteiger partial charge in [0.1, 0.15) is 6.10 Å². The fourth-order valence-electron chi connectivity index (χ4n) is 6.82. The fourth-order valence-corrected chi connectivity index (χ4v) is 8.28. The second-order valence-corrected chi connectivity index (χ2v) is 20.2. The summed E-state index contributed by atoms with van der Waals surface area (Å²) in [5.74, 6) is -0.591. The lowest BCUT2D eigenvalue weighted by atomic mass is 9.83. The maximum absolute atomic E-state index is 13.4. The number of aliphatic hydroxyl groups excluding tert-OH is 1. The molecule has 0 heterocycles. The van der Waals surface area contributed by atoms with E-state index in [1.54, 1.807) is 0 Å². The molecule has 0 saturated heterocycles. The summed E-state index contributed by atoms with van der Waals surface area (Å²) in [7, 11) is -2.00. The summed E-state index contributed by atoms with van der Waals surface area (Å²) >= 11 is 0. The zero-order valence-electron chi connectivity index (χ0n) is 30.2. The van der Waals surface area contributed by atoms with Gasteiger partial charge in [-0.1, -0.05) is 109 Å². The van der Waals surface area contributed by atoms with Crippen LogP contribution in [0.4, 0.5) is 0 Å². The molecule has 2 N–H and O–H groups in total. The predicted molar refractivity (Wildman–Crippen MR) is 194 cm³/mol. The number of carbonyl (C=O) groups is 2. The van der Waals surface area contributed by atoms with E-state index in [-0.39, 0.29) is 41.5 Å². The Labute approximate surface area is 285 Å². The van der Waals surface area contributed by atoms with E-state index in [2.05, 4.69) is 47.7 Å². The molecule has 0 amide bonds. The van der Waals surface area contributed by atoms with Crippen LogP contribution in [0.25, 0.3) is 11.1 Å². The second kappa shape index (κ2) is 18.3. The molecule has 0 spiro atoms. The van der Waals surface area contributed by atoms with Gasteiger partial charge in [0, 0.05) is 24.9 Å². The molecule has 0 aromatic heterocycles. The van der Waals surface area contributed by atoms with Gasteiger partial charge in [-0.2, -0.15) is 0 Å². The Bertz CT molecular complexity index is 1220. The maximum atomic E-state index is 13.4. The van der Waals surface area contributed by atoms with E-state index in [1.165, 1.54) is 6.42 Å². The highest BCUT2D eigenvalue weighted by Gasteiger charge is 2.45. The monoisotopic (exact) mass is 666 g/mol. The van der Waals surface area contributed by atoms with E-state index in [4.69, 9.17) is 14.3 Å². The van der Waals surface area contributed by atoms with Crippen molar-refractivity contribution in [2.45, 2.75) is 148 Å². The molecule has 262 valence electrons. The highest BCUT2D eigenvalue weighted by molar-refractivity contribution is 6.74. The molecular weight excluding hydrogens is 605 g/mol. The Hall–Kier alpha value is -2.48. The van der Waals surface area contributed by atoms with Gasteiger partial charge in [0.15, 0.2) is 8.32 Å². The van der Waals surface area contributed by atoms with Gasteiger partial charge in [0.2, 0.25) is 0 Å². The van der Waals surface area contributed by atoms with Crippen LogP contribution < -0.4 is 0 Å². The lowest BCUT2D eigenvalue weighted by Crippen LogP contribution is -2.45. The van der Waals surface area contributed by atoms with Crippen molar-refractivity contribution < 1.29 is 29.0 Å². The smallest absolute Gasteiger partial charge is 0.338 e. The van der Waals surface area contributed by atoms with Gasteiger partial charge in [0.25, 0.3) is 0 Å². The van der Waals surface area contributed by atoms with Crippen LogP contribution in [0.1, 0.15) is 122 Å². The molecule has 7 heteroatoms. The second-order valence-electron chi connectivity index (χ2n) is 15.5. The fraction of sp³-hybridized carbons (Fsp3) is 0.650. The zero-order chi connectivity index (χ0) is 34.6. The van der Waals surface area contributed by atoms with E-state index in [0.717, 1.165) is 62.5 Å². The van der Waals surface area contributed by atoms with Crippen molar-refractivity contribution in [2.75, 3.05) is 0 Å². The third-order valence-corrected chi connectivity index (χ3v) is 15.3. The molecule has 0 aliphatic heterocycles. The molecule has 0 radical (unpaired) electrons. The largest absolute Gasteiger partial charge is 0.481 e. The number of aliphatic carboxylic acids is 1. The molecule has 2 aromatic rings. The minimum absolute atomic E-state index is 0.0242. The van der Waals surface area contributed by atoms with Crippen LogP contribution in [-0.2, 0) is 14.0 Å². The predicted octanol–water partition coefficient (Wildman–Crippen LogP) is 10.3. The summed E-state index contributed by atoms with van der Waals surface area (Å²) in [5, 5.41) is 20.6. The Kier molecular flexibility index (Phi) is 15.2. The Morgan fingerprint density at radius 3 is 2.13 bits per heavy atom. The summed E-state index contributed by atoms with van der Waals surface area (Å²) in [6.45, 7) is 16.1. The quantitative estimate of drug-likeness (QED) is 0.0880. The number of ether oxygens (including phenoxy) is 1. The Balaban J connectivity index is 1.74. The molecule has 2 unspecified atom stereocenters. The van der Waals surface area contributed by atoms with E-state index >= 15 is 0 Å². The topological polar surface area (TPSA) is 93.1 Å². The van der Waals surface area contributed by atoms with Gasteiger partial charge >= 0.3 is 11.9 Å². The minimum Gasteiger partial charge on any atom is -0.481 e. The number of aliphatic hydroxyl groups is 1. The number of rotatable bonds is 19. The van der Waals surface area contributed by atoms with E-state index in [0.29, 0.717) is 24.3 Å². The third kappa shape index (κ3) is 11.9. The average molecular weight is 667 g/mol. The van der Waals surface area contributed by atoms with Crippen LogP contribution in [0, 0.1) is 17.8 Å². The van der Waals surface area contributed by atoms with E-state index in [9.17, 15) is 14.7 Å². The molecule has 2 aromatic carbocycles. The molecule has 6 nitrogen and oxygen atoms in total. The van der Waals surface area contributed by atoms with Crippen LogP contribution in [-0.4, -0.2) is 48.8 Å². The maximum Gasteiger partial charge on any atom is 0.338 e. The number of carboxylic acids is 1. The standard InChI is InChI=1S/C40H62O6Si/c1-8-9-17-29(2)36(46-47(6,7)40(3,4)5)27-26-33-34(20-15-10-11-16-21-38(42)43)37(28-35(33)41)45-39(44)32-24-22-31(23-25-32)30-18-13-12-14-19-30/h12-14,18-19,22-25,29,33-37,41H,8-11,15-17,20-21,26-28H2,1-7H3,(H,42,43)/t29?,33-,34-,35?,36+,37+/m1/s1. The van der Waals surface area contributed by atoms with Crippen LogP contribution in [0.3, 0.4) is 0 Å². The minimum atomic E-state index is -2.00. The number of carbonyl (C=O) groups excluding carboxylic acids is 1. The number of unbranched alkanes of at least 4 members (excludes halogenated alkanes) is 4. The number of carboxylic acid groups (broad SMARTS) is 1. The van der Waals surface area contributed by atoms with Crippen LogP contribution >= 0.6 is 0 Å². The number of benzene rings is 2. The third-order valence-electron chi connectivity index (χ3n) is 10.8. The first-order chi connectivity index (χ1) is 22.2. The molecule has 3 rings (SSSR count). The van der Waals surface area contributed by atoms with Crippen molar-refractivity contribution in [3.8, 4) is 11.1 Å². The van der Waals surface area contributed by atoms with Crippen molar-refractivity contribution in [1.82, 2.24) is 0 Å². The number of hydrogen-bond donors (Lipinski definition) is 2. The zero-order valence-corrected chi connectivity index (χ0v) is 31.2. The first-order valence-corrected chi connectivity index (χ1v) is 21.1. The molecule has 6 atom stereocenters. The van der Waals surface area contributed by atoms with Crippen molar-refractivity contribution in [2.24, 2.45) is 17.8 Å². The van der Waals surface area contributed by atoms with Gasteiger partial charge in [-0.3, -0.25) is 4.79 Å². The first-order valence-electron chi connectivity index (χ1n) is 18.2. The summed E-state index contributed by atoms with van der Waals surface area (Å²) in [4.78, 5) is 24.4. The lowest BCUT2D eigenvalue weighted by Gasteiger charge is -2.41. The van der Waals surface area contributed by atoms with Gasteiger partial charge in [-0.05, 0) is 85.3 Å². The Morgan fingerprint density at radius 1 is 0.872 bits per heavy atom. The molecular formula is C40H62O6Si. The van der Waals surface area contributed by atoms with E-state index < -0.39 is 20.4 Å². The molecule has 0 bridgehead atoms. The molecule has 47 heavy (non-hydrogen) atoms. The van der Waals surface area contributed by atoms with Gasteiger partial charge in [0.05, 0.1) is 11.7 Å². The van der Waals surface area contributed by atoms with E-state index in [1.807, 2.05) is 54.6 Å². The SMILES string of the molecule is CCCCC(C)[C@H](CC[C@H]1C(O)C[C@H](OC(=O)c2ccc(-c3ccccc3)cc2)[C@@H]1CCCCCCC(=O)O)O[Si](C)(C)C(C)(C)C. The van der Waals surface area contributed by atoms with Crippen LogP contribution in [0.15, 0.2) is 54.6 Å². The van der Waals surface area contributed by atoms with Gasteiger partial charge in [-0.25, -0.2) is 4.79 Å². The molecule has 1 aliphatic rings. The summed E-state index contributed by atoms with van der Waals surface area (Å²) < 4.78 is 13.2. The van der Waals surface area contributed by atoms with Crippen molar-refractivity contribution in [3.05, 3.63) is 60.2 Å². The Morgan fingerprint density at radius 2 is 1.51 bits per heavy atom. The molecule has 1 saturated carbocycles.